The second kappa shape index (κ2) is 15.7. The summed E-state index contributed by atoms with van der Waals surface area (Å²) in [7, 11) is 0. The molecule has 1 aliphatic rings. The summed E-state index contributed by atoms with van der Waals surface area (Å²) < 4.78 is 27.7. The second-order valence-electron chi connectivity index (χ2n) is 18.8. The first-order valence-electron chi connectivity index (χ1n) is 24.6. The molecule has 0 bridgehead atoms. The van der Waals surface area contributed by atoms with E-state index in [9.17, 15) is 0 Å². The Bertz CT molecular complexity index is 4190. The first-order chi connectivity index (χ1) is 36.0. The number of furan rings is 2. The topological polar surface area (TPSA) is 84.8 Å². The number of rotatable bonds is 8. The van der Waals surface area contributed by atoms with E-state index in [0.717, 1.165) is 111 Å². The van der Waals surface area contributed by atoms with Crippen molar-refractivity contribution in [1.29, 1.82) is 0 Å². The fourth-order valence-electron chi connectivity index (χ4n) is 11.9. The fourth-order valence-corrected chi connectivity index (χ4v) is 11.9. The predicted molar refractivity (Wildman–Crippen MR) is 292 cm³/mol. The lowest BCUT2D eigenvalue weighted by Crippen LogP contribution is -2.29. The van der Waals surface area contributed by atoms with Gasteiger partial charge >= 0.3 is 0 Å². The average molecular weight is 943 g/mol. The number of aromatic nitrogens is 2. The number of nitrogens with zero attached hydrogens (tertiary/aromatic N) is 4. The number of benzene rings is 10. The number of hydrogen-bond donors (Lipinski definition) is 0. The van der Waals surface area contributed by atoms with Gasteiger partial charge in [-0.15, -0.1) is 0 Å². The van der Waals surface area contributed by atoms with Crippen molar-refractivity contribution < 1.29 is 17.7 Å². The third-order valence-electron chi connectivity index (χ3n) is 14.7. The summed E-state index contributed by atoms with van der Waals surface area (Å²) in [6, 6.07) is 76.4. The molecule has 8 nitrogen and oxygen atoms in total. The van der Waals surface area contributed by atoms with Crippen molar-refractivity contribution in [2.45, 2.75) is 19.3 Å². The van der Waals surface area contributed by atoms with Gasteiger partial charge in [-0.2, -0.15) is 0 Å². The molecular formula is C65H42N4O4. The highest BCUT2D eigenvalue weighted by Crippen LogP contribution is 2.63. The molecule has 8 heteroatoms. The molecule has 0 atom stereocenters. The Balaban J connectivity index is 1.10. The first kappa shape index (κ1) is 41.2. The highest BCUT2D eigenvalue weighted by Gasteiger charge is 2.51. The minimum absolute atomic E-state index is 0.536. The quantitative estimate of drug-likeness (QED) is 0.149. The summed E-state index contributed by atoms with van der Waals surface area (Å²) in [5.74, 6) is 1.07. The third kappa shape index (κ3) is 5.89. The smallest absolute Gasteiger partial charge is 0.192 e. The van der Waals surface area contributed by atoms with Crippen molar-refractivity contribution >= 4 is 100 Å². The van der Waals surface area contributed by atoms with E-state index in [-0.39, 0.29) is 0 Å². The molecule has 0 saturated carbocycles. The number of fused-ring (bicyclic) bond motifs is 13. The number of aryl methyl sites for hydroxylation is 2. The maximum atomic E-state index is 7.03. The molecule has 0 fully saturated rings. The minimum Gasteiger partial charge on any atom is -0.454 e. The van der Waals surface area contributed by atoms with E-state index >= 15 is 0 Å². The zero-order chi connectivity index (χ0) is 48.4. The molecule has 14 aromatic rings. The number of anilines is 6. The van der Waals surface area contributed by atoms with Crippen LogP contribution in [-0.4, -0.2) is 9.97 Å². The molecule has 0 aliphatic heterocycles. The Morgan fingerprint density at radius 3 is 1.14 bits per heavy atom. The Morgan fingerprint density at radius 2 is 0.712 bits per heavy atom. The number of para-hydroxylation sites is 6. The summed E-state index contributed by atoms with van der Waals surface area (Å²) in [4.78, 5) is 15.2. The van der Waals surface area contributed by atoms with E-state index in [1.165, 1.54) is 0 Å². The van der Waals surface area contributed by atoms with Crippen LogP contribution in [0.3, 0.4) is 0 Å². The van der Waals surface area contributed by atoms with Crippen molar-refractivity contribution in [3.05, 3.63) is 252 Å². The zero-order valence-corrected chi connectivity index (χ0v) is 39.7. The minimum atomic E-state index is -0.956. The lowest BCUT2D eigenvalue weighted by Gasteiger charge is -2.35. The van der Waals surface area contributed by atoms with E-state index in [1.807, 2.05) is 50.2 Å². The molecule has 10 aromatic carbocycles. The molecule has 73 heavy (non-hydrogen) atoms. The van der Waals surface area contributed by atoms with Gasteiger partial charge in [0, 0.05) is 57.9 Å². The molecule has 0 unspecified atom stereocenters. The van der Waals surface area contributed by atoms with Crippen LogP contribution in [-0.2, 0) is 5.41 Å². The second-order valence-corrected chi connectivity index (χ2v) is 18.8. The summed E-state index contributed by atoms with van der Waals surface area (Å²) in [6.45, 7) is 3.85. The van der Waals surface area contributed by atoms with Gasteiger partial charge in [-0.1, -0.05) is 158 Å². The van der Waals surface area contributed by atoms with Crippen molar-refractivity contribution in [2.24, 2.45) is 0 Å². The van der Waals surface area contributed by atoms with Crippen LogP contribution in [0.4, 0.5) is 34.1 Å². The van der Waals surface area contributed by atoms with Crippen LogP contribution in [0.5, 0.6) is 0 Å². The largest absolute Gasteiger partial charge is 0.454 e. The van der Waals surface area contributed by atoms with Gasteiger partial charge in [0.05, 0.1) is 28.2 Å². The van der Waals surface area contributed by atoms with E-state index in [2.05, 4.69) is 192 Å². The lowest BCUT2D eigenvalue weighted by atomic mass is 9.67. The molecular weight excluding hydrogens is 901 g/mol. The van der Waals surface area contributed by atoms with Gasteiger partial charge < -0.3 is 27.5 Å². The molecule has 0 radical (unpaired) electrons. The van der Waals surface area contributed by atoms with Crippen LogP contribution in [0, 0.1) is 13.8 Å². The van der Waals surface area contributed by atoms with Crippen LogP contribution in [0.1, 0.15) is 34.0 Å². The highest BCUT2D eigenvalue weighted by atomic mass is 16.4. The van der Waals surface area contributed by atoms with Crippen LogP contribution in [0.15, 0.2) is 236 Å². The Morgan fingerprint density at radius 1 is 0.342 bits per heavy atom. The van der Waals surface area contributed by atoms with Crippen LogP contribution in [0.2, 0.25) is 0 Å². The number of oxazole rings is 2. The highest BCUT2D eigenvalue weighted by molar-refractivity contribution is 6.17. The van der Waals surface area contributed by atoms with E-state index in [4.69, 9.17) is 27.6 Å². The normalized spacial score (nSPS) is 12.9. The van der Waals surface area contributed by atoms with Crippen molar-refractivity contribution in [2.75, 3.05) is 9.80 Å². The maximum Gasteiger partial charge on any atom is 0.192 e. The van der Waals surface area contributed by atoms with Crippen LogP contribution in [0.25, 0.3) is 77.2 Å². The van der Waals surface area contributed by atoms with Gasteiger partial charge in [0.1, 0.15) is 22.2 Å². The lowest BCUT2D eigenvalue weighted by molar-refractivity contribution is 0.558. The zero-order valence-electron chi connectivity index (χ0n) is 39.7. The van der Waals surface area contributed by atoms with Crippen LogP contribution < -0.4 is 9.80 Å². The SMILES string of the molecule is Cc1nc2c(N(c3ccccc3)c3cccc4c3oc3ccccc34)cc3c(c2o1)-c1c(cc(N(c2ccccc2)c2cccc4c2oc2ccccc24)c2nc(C)oc12)C3(c1ccccc1)c1ccccc1. The molecule has 1 aliphatic carbocycles. The average Bonchev–Trinajstić information content (AvgIpc) is 4.34. The predicted octanol–water partition coefficient (Wildman–Crippen LogP) is 17.7. The van der Waals surface area contributed by atoms with E-state index in [0.29, 0.717) is 34.0 Å². The van der Waals surface area contributed by atoms with Crippen LogP contribution >= 0.6 is 0 Å². The Labute approximate surface area is 418 Å². The standard InChI is InChI=1S/C65H42N4O4/c1-39-66-59-53(68(43-25-11-5-12-26-43)51-33-19-31-47-45-29-15-17-35-55(45)72-61(47)51)37-49-57(63(59)70-39)58-50(65(49,41-21-7-3-8-22-41)42-23-9-4-10-24-42)38-54(60-64(58)71-40(2)67-60)69(44-27-13-6-14-28-44)52-34-20-32-48-46-30-16-18-36-56(46)73-62(48)52/h3-38H,1-2H3. The molecule has 0 amide bonds. The monoisotopic (exact) mass is 942 g/mol. The molecule has 4 aromatic heterocycles. The van der Waals surface area contributed by atoms with Gasteiger partial charge in [0.25, 0.3) is 0 Å². The summed E-state index contributed by atoms with van der Waals surface area (Å²) in [5.41, 5.74) is 16.2. The Hall–Kier alpha value is -9.66. The molecule has 0 saturated heterocycles. The van der Waals surface area contributed by atoms with Gasteiger partial charge in [0.2, 0.25) is 0 Å². The van der Waals surface area contributed by atoms with Gasteiger partial charge in [-0.25, -0.2) is 9.97 Å². The summed E-state index contributed by atoms with van der Waals surface area (Å²) >= 11 is 0. The molecule has 0 N–H and O–H groups in total. The fraction of sp³-hybridized carbons (Fsp3) is 0.0462. The Kier molecular flexibility index (Phi) is 8.83. The van der Waals surface area contributed by atoms with Crippen molar-refractivity contribution in [1.82, 2.24) is 9.97 Å². The third-order valence-corrected chi connectivity index (χ3v) is 14.7. The molecule has 346 valence electrons. The van der Waals surface area contributed by atoms with E-state index < -0.39 is 5.41 Å². The molecule has 0 spiro atoms. The summed E-state index contributed by atoms with van der Waals surface area (Å²) in [5, 5.41) is 4.15. The number of hydrogen-bond acceptors (Lipinski definition) is 8. The van der Waals surface area contributed by atoms with Crippen molar-refractivity contribution in [3.63, 3.8) is 0 Å². The first-order valence-corrected chi connectivity index (χ1v) is 24.6. The summed E-state index contributed by atoms with van der Waals surface area (Å²) in [6.07, 6.45) is 0. The maximum absolute atomic E-state index is 7.03. The molecule has 15 rings (SSSR count). The molecule has 4 heterocycles. The van der Waals surface area contributed by atoms with Gasteiger partial charge in [-0.3, -0.25) is 0 Å². The van der Waals surface area contributed by atoms with Gasteiger partial charge in [-0.05, 0) is 82.9 Å². The van der Waals surface area contributed by atoms with Gasteiger partial charge in [0.15, 0.2) is 34.1 Å². The van der Waals surface area contributed by atoms with Crippen molar-refractivity contribution in [3.8, 4) is 11.1 Å². The van der Waals surface area contributed by atoms with E-state index in [1.54, 1.807) is 0 Å².